The van der Waals surface area contributed by atoms with Gasteiger partial charge in [-0.2, -0.15) is 4.98 Å². The molecule has 8 heteroatoms. The summed E-state index contributed by atoms with van der Waals surface area (Å²) in [6.45, 7) is 2.27. The normalized spacial score (nSPS) is 20.1. The predicted octanol–water partition coefficient (Wildman–Crippen LogP) is 3.11. The number of aromatic nitrogens is 2. The highest BCUT2D eigenvalue weighted by molar-refractivity contribution is 5.77. The van der Waals surface area contributed by atoms with E-state index in [4.69, 9.17) is 15.2 Å². The molecule has 1 aliphatic carbocycles. The number of nitrogens with zero attached hydrogens (tertiary/aromatic N) is 3. The van der Waals surface area contributed by atoms with Gasteiger partial charge in [0, 0.05) is 12.6 Å². The van der Waals surface area contributed by atoms with E-state index in [1.54, 1.807) is 10.8 Å². The number of fused-ring (bicyclic) bond motifs is 2. The van der Waals surface area contributed by atoms with Crippen LogP contribution in [0.2, 0.25) is 0 Å². The first-order valence-corrected chi connectivity index (χ1v) is 10.7. The van der Waals surface area contributed by atoms with Gasteiger partial charge >= 0.3 is 5.69 Å². The molecule has 162 valence electrons. The highest BCUT2D eigenvalue weighted by Crippen LogP contribution is 2.45. The smallest absolute Gasteiger partial charge is 0.350 e. The molecule has 1 aromatic heterocycles. The molecular formula is C22H31N5O3. The Bertz CT molecular complexity index is 935. The molecule has 0 atom stereocenters. The van der Waals surface area contributed by atoms with E-state index >= 15 is 0 Å². The molecule has 3 N–H and O–H groups in total. The Hall–Kier alpha value is -2.58. The van der Waals surface area contributed by atoms with Crippen LogP contribution in [0.25, 0.3) is 0 Å². The molecule has 0 saturated heterocycles. The van der Waals surface area contributed by atoms with Crippen molar-refractivity contribution in [2.45, 2.75) is 38.1 Å². The second-order valence-electron chi connectivity index (χ2n) is 8.42. The maximum absolute atomic E-state index is 12.7. The standard InChI is InChI=1S/C22H31N5O3/c1-26(2)11-4-12-29-17-5-3-6-18-20(17)24-21-19(30-18)14-27(22(28)25-21)16-9-7-15(13-23)8-10-16/h3,5-6,14-16H,4,7-13,23H2,1-2H3,(H,24,25,28). The quantitative estimate of drug-likeness (QED) is 0.575. The van der Waals surface area contributed by atoms with Crippen molar-refractivity contribution in [2.75, 3.05) is 39.1 Å². The SMILES string of the molecule is CN(C)CCCOc1cccc2c1Nc1nc(=O)n(C3CCC(CN)CC3)cc1O2. The summed E-state index contributed by atoms with van der Waals surface area (Å²) < 4.78 is 13.8. The van der Waals surface area contributed by atoms with Crippen molar-refractivity contribution in [3.05, 3.63) is 34.9 Å². The molecule has 2 heterocycles. The first kappa shape index (κ1) is 20.7. The number of nitrogens with one attached hydrogen (secondary N) is 1. The number of nitrogens with two attached hydrogens (primary N) is 1. The zero-order valence-corrected chi connectivity index (χ0v) is 17.8. The van der Waals surface area contributed by atoms with E-state index in [-0.39, 0.29) is 11.7 Å². The summed E-state index contributed by atoms with van der Waals surface area (Å²) in [6.07, 6.45) is 6.68. The van der Waals surface area contributed by atoms with E-state index in [0.717, 1.165) is 38.6 Å². The Morgan fingerprint density at radius 2 is 2.07 bits per heavy atom. The molecule has 0 unspecified atom stereocenters. The number of ether oxygens (including phenoxy) is 2. The average molecular weight is 414 g/mol. The van der Waals surface area contributed by atoms with Crippen molar-refractivity contribution >= 4 is 11.5 Å². The van der Waals surface area contributed by atoms with Crippen LogP contribution in [0.4, 0.5) is 11.5 Å². The Morgan fingerprint density at radius 1 is 1.27 bits per heavy atom. The van der Waals surface area contributed by atoms with Crippen LogP contribution < -0.4 is 26.2 Å². The minimum absolute atomic E-state index is 0.148. The minimum Gasteiger partial charge on any atom is -0.491 e. The van der Waals surface area contributed by atoms with Crippen LogP contribution in [-0.2, 0) is 0 Å². The average Bonchev–Trinajstić information content (AvgIpc) is 2.75. The van der Waals surface area contributed by atoms with Gasteiger partial charge in [-0.05, 0) is 70.8 Å². The lowest BCUT2D eigenvalue weighted by Gasteiger charge is -2.30. The lowest BCUT2D eigenvalue weighted by Crippen LogP contribution is -2.31. The Morgan fingerprint density at radius 3 is 2.80 bits per heavy atom. The van der Waals surface area contributed by atoms with E-state index in [1.807, 2.05) is 32.3 Å². The molecule has 0 bridgehead atoms. The maximum Gasteiger partial charge on any atom is 0.350 e. The number of benzene rings is 1. The Labute approximate surface area is 177 Å². The molecule has 1 aromatic carbocycles. The number of anilines is 2. The van der Waals surface area contributed by atoms with Crippen molar-refractivity contribution < 1.29 is 9.47 Å². The number of hydrogen-bond acceptors (Lipinski definition) is 7. The fourth-order valence-electron chi connectivity index (χ4n) is 4.18. The monoisotopic (exact) mass is 413 g/mol. The maximum atomic E-state index is 12.7. The second-order valence-corrected chi connectivity index (χ2v) is 8.42. The van der Waals surface area contributed by atoms with Gasteiger partial charge in [0.05, 0.1) is 12.8 Å². The fraction of sp³-hybridized carbons (Fsp3) is 0.545. The summed E-state index contributed by atoms with van der Waals surface area (Å²) >= 11 is 0. The summed E-state index contributed by atoms with van der Waals surface area (Å²) in [5, 5.41) is 3.24. The van der Waals surface area contributed by atoms with Crippen LogP contribution in [0.15, 0.2) is 29.2 Å². The topological polar surface area (TPSA) is 94.6 Å². The summed E-state index contributed by atoms with van der Waals surface area (Å²) in [5.74, 6) is 2.93. The molecule has 1 fully saturated rings. The Balaban J connectivity index is 1.51. The summed E-state index contributed by atoms with van der Waals surface area (Å²) in [4.78, 5) is 19.1. The molecule has 2 aliphatic rings. The van der Waals surface area contributed by atoms with Crippen LogP contribution in [0.1, 0.15) is 38.1 Å². The molecule has 2 aromatic rings. The zero-order chi connectivity index (χ0) is 21.1. The lowest BCUT2D eigenvalue weighted by atomic mass is 9.86. The molecule has 0 amide bonds. The van der Waals surface area contributed by atoms with Crippen molar-refractivity contribution in [1.82, 2.24) is 14.5 Å². The lowest BCUT2D eigenvalue weighted by molar-refractivity contribution is 0.271. The molecule has 1 saturated carbocycles. The number of rotatable bonds is 7. The van der Waals surface area contributed by atoms with Crippen LogP contribution in [0.5, 0.6) is 17.2 Å². The molecule has 8 nitrogen and oxygen atoms in total. The molecular weight excluding hydrogens is 382 g/mol. The van der Waals surface area contributed by atoms with E-state index in [2.05, 4.69) is 15.2 Å². The van der Waals surface area contributed by atoms with Crippen LogP contribution >= 0.6 is 0 Å². The van der Waals surface area contributed by atoms with Gasteiger partial charge in [0.15, 0.2) is 17.3 Å². The summed E-state index contributed by atoms with van der Waals surface area (Å²) in [6, 6.07) is 5.84. The van der Waals surface area contributed by atoms with Crippen molar-refractivity contribution in [3.63, 3.8) is 0 Å². The predicted molar refractivity (Wildman–Crippen MR) is 117 cm³/mol. The number of para-hydroxylation sites is 1. The molecule has 1 aliphatic heterocycles. The Kier molecular flexibility index (Phi) is 6.24. The third kappa shape index (κ3) is 4.44. The zero-order valence-electron chi connectivity index (χ0n) is 17.8. The largest absolute Gasteiger partial charge is 0.491 e. The summed E-state index contributed by atoms with van der Waals surface area (Å²) in [5.41, 5.74) is 6.25. The van der Waals surface area contributed by atoms with Crippen molar-refractivity contribution in [3.8, 4) is 17.2 Å². The third-order valence-electron chi connectivity index (χ3n) is 5.92. The highest BCUT2D eigenvalue weighted by Gasteiger charge is 2.26. The minimum atomic E-state index is -0.256. The van der Waals surface area contributed by atoms with E-state index < -0.39 is 0 Å². The molecule has 30 heavy (non-hydrogen) atoms. The van der Waals surface area contributed by atoms with E-state index in [0.29, 0.717) is 47.8 Å². The van der Waals surface area contributed by atoms with Gasteiger partial charge in [0.1, 0.15) is 11.4 Å². The van der Waals surface area contributed by atoms with E-state index in [9.17, 15) is 4.79 Å². The van der Waals surface area contributed by atoms with Gasteiger partial charge in [-0.3, -0.25) is 4.57 Å². The number of hydrogen-bond donors (Lipinski definition) is 2. The van der Waals surface area contributed by atoms with Crippen molar-refractivity contribution in [1.29, 1.82) is 0 Å². The van der Waals surface area contributed by atoms with Crippen molar-refractivity contribution in [2.24, 2.45) is 11.7 Å². The van der Waals surface area contributed by atoms with Gasteiger partial charge < -0.3 is 25.4 Å². The van der Waals surface area contributed by atoms with Crippen LogP contribution in [0, 0.1) is 5.92 Å². The van der Waals surface area contributed by atoms with Gasteiger partial charge in [0.2, 0.25) is 0 Å². The molecule has 0 spiro atoms. The van der Waals surface area contributed by atoms with Crippen LogP contribution in [0.3, 0.4) is 0 Å². The van der Waals surface area contributed by atoms with Crippen LogP contribution in [-0.4, -0.2) is 48.2 Å². The van der Waals surface area contributed by atoms with Gasteiger partial charge in [-0.1, -0.05) is 6.07 Å². The van der Waals surface area contributed by atoms with Gasteiger partial charge in [-0.25, -0.2) is 4.79 Å². The second kappa shape index (κ2) is 9.06. The third-order valence-corrected chi connectivity index (χ3v) is 5.92. The first-order valence-electron chi connectivity index (χ1n) is 10.7. The van der Waals surface area contributed by atoms with Gasteiger partial charge in [0.25, 0.3) is 0 Å². The first-order chi connectivity index (χ1) is 14.5. The van der Waals surface area contributed by atoms with E-state index in [1.165, 1.54) is 0 Å². The summed E-state index contributed by atoms with van der Waals surface area (Å²) in [7, 11) is 4.08. The highest BCUT2D eigenvalue weighted by atomic mass is 16.5. The van der Waals surface area contributed by atoms with Gasteiger partial charge in [-0.15, -0.1) is 0 Å². The molecule has 0 radical (unpaired) electrons. The molecule has 4 rings (SSSR count). The fourth-order valence-corrected chi connectivity index (χ4v) is 4.18.